The lowest BCUT2D eigenvalue weighted by atomic mass is 9.82. The normalized spacial score (nSPS) is 70.2. The maximum Gasteiger partial charge on any atom is 0.0976 e. The van der Waals surface area contributed by atoms with Gasteiger partial charge in [0.2, 0.25) is 0 Å². The summed E-state index contributed by atoms with van der Waals surface area (Å²) in [5, 5.41) is 0. The second-order valence-electron chi connectivity index (χ2n) is 4.19. The molecule has 0 spiro atoms. The van der Waals surface area contributed by atoms with Crippen LogP contribution in [0.4, 0.5) is 0 Å². The summed E-state index contributed by atoms with van der Waals surface area (Å²) in [6.45, 7) is 4.40. The van der Waals surface area contributed by atoms with Crippen molar-refractivity contribution in [3.63, 3.8) is 0 Å². The monoisotopic (exact) mass is 140 g/mol. The fourth-order valence-electron chi connectivity index (χ4n) is 2.29. The molecule has 0 unspecified atom stereocenters. The largest absolute Gasteiger partial charge is 0.369 e. The second-order valence-corrected chi connectivity index (χ2v) is 4.19. The molecule has 0 aromatic heterocycles. The number of hydrogen-bond donors (Lipinski definition) is 0. The van der Waals surface area contributed by atoms with Crippen LogP contribution in [0.2, 0.25) is 0 Å². The first kappa shape index (κ1) is 5.56. The molecular weight excluding hydrogens is 128 g/mol. The van der Waals surface area contributed by atoms with Crippen molar-refractivity contribution in [2.24, 2.45) is 0 Å². The highest BCUT2D eigenvalue weighted by molar-refractivity contribution is 5.20. The summed E-state index contributed by atoms with van der Waals surface area (Å²) < 4.78 is 11.1. The molecule has 0 amide bonds. The zero-order valence-electron chi connectivity index (χ0n) is 6.39. The minimum Gasteiger partial charge on any atom is -0.369 e. The highest BCUT2D eigenvalue weighted by Crippen LogP contribution is 2.61. The van der Waals surface area contributed by atoms with Crippen LogP contribution >= 0.6 is 0 Å². The Morgan fingerprint density at radius 3 is 2.10 bits per heavy atom. The molecule has 2 heterocycles. The fraction of sp³-hybridized carbons (Fsp3) is 1.00. The lowest BCUT2D eigenvalue weighted by molar-refractivity contribution is 0.233. The zero-order chi connectivity index (χ0) is 6.98. The van der Waals surface area contributed by atoms with E-state index in [1.54, 1.807) is 0 Å². The van der Waals surface area contributed by atoms with Gasteiger partial charge < -0.3 is 9.47 Å². The van der Waals surface area contributed by atoms with Crippen molar-refractivity contribution in [2.75, 3.05) is 0 Å². The molecule has 1 saturated carbocycles. The Morgan fingerprint density at radius 1 is 1.10 bits per heavy atom. The third-order valence-electron chi connectivity index (χ3n) is 3.40. The van der Waals surface area contributed by atoms with Crippen LogP contribution < -0.4 is 0 Å². The van der Waals surface area contributed by atoms with Gasteiger partial charge in [-0.1, -0.05) is 0 Å². The molecular formula is C8H12O2. The third-order valence-corrected chi connectivity index (χ3v) is 3.40. The molecule has 2 saturated heterocycles. The highest BCUT2D eigenvalue weighted by Gasteiger charge is 2.72. The summed E-state index contributed by atoms with van der Waals surface area (Å²) >= 11 is 0. The van der Waals surface area contributed by atoms with E-state index in [1.165, 1.54) is 0 Å². The van der Waals surface area contributed by atoms with Crippen LogP contribution in [-0.2, 0) is 9.47 Å². The molecule has 10 heavy (non-hydrogen) atoms. The van der Waals surface area contributed by atoms with Crippen molar-refractivity contribution in [3.8, 4) is 0 Å². The lowest BCUT2D eigenvalue weighted by Crippen LogP contribution is -2.28. The Bertz CT molecular complexity index is 183. The quantitative estimate of drug-likeness (QED) is 0.471. The average Bonchev–Trinajstić information content (AvgIpc) is 2.53. The van der Waals surface area contributed by atoms with Crippen LogP contribution in [0.25, 0.3) is 0 Å². The number of hydrogen-bond acceptors (Lipinski definition) is 2. The molecule has 2 heteroatoms. The first-order valence-corrected chi connectivity index (χ1v) is 3.99. The molecule has 3 rings (SSSR count). The van der Waals surface area contributed by atoms with E-state index in [-0.39, 0.29) is 11.2 Å². The van der Waals surface area contributed by atoms with Crippen LogP contribution in [0.3, 0.4) is 0 Å². The average molecular weight is 140 g/mol. The van der Waals surface area contributed by atoms with Gasteiger partial charge in [0.25, 0.3) is 0 Å². The first-order chi connectivity index (χ1) is 4.63. The van der Waals surface area contributed by atoms with E-state index in [0.717, 1.165) is 12.8 Å². The van der Waals surface area contributed by atoms with Gasteiger partial charge >= 0.3 is 0 Å². The van der Waals surface area contributed by atoms with Gasteiger partial charge in [0.15, 0.2) is 0 Å². The van der Waals surface area contributed by atoms with Gasteiger partial charge in [0.05, 0.1) is 23.4 Å². The van der Waals surface area contributed by atoms with Crippen molar-refractivity contribution in [1.82, 2.24) is 0 Å². The van der Waals surface area contributed by atoms with Gasteiger partial charge in [0, 0.05) is 12.8 Å². The number of ether oxygens (including phenoxy) is 2. The van der Waals surface area contributed by atoms with Crippen molar-refractivity contribution in [2.45, 2.75) is 50.1 Å². The van der Waals surface area contributed by atoms with E-state index < -0.39 is 0 Å². The van der Waals surface area contributed by atoms with E-state index in [9.17, 15) is 0 Å². The summed E-state index contributed by atoms with van der Waals surface area (Å²) in [6, 6.07) is 0. The van der Waals surface area contributed by atoms with Gasteiger partial charge in [-0.15, -0.1) is 0 Å². The van der Waals surface area contributed by atoms with Crippen LogP contribution in [0.15, 0.2) is 0 Å². The van der Waals surface area contributed by atoms with Crippen molar-refractivity contribution in [1.29, 1.82) is 0 Å². The molecule has 56 valence electrons. The van der Waals surface area contributed by atoms with Gasteiger partial charge in [-0.3, -0.25) is 0 Å². The van der Waals surface area contributed by atoms with Gasteiger partial charge in [0.1, 0.15) is 0 Å². The van der Waals surface area contributed by atoms with E-state index >= 15 is 0 Å². The predicted molar refractivity (Wildman–Crippen MR) is 35.8 cm³/mol. The lowest BCUT2D eigenvalue weighted by Gasteiger charge is -2.13. The second kappa shape index (κ2) is 1.16. The fourth-order valence-corrected chi connectivity index (χ4v) is 2.29. The van der Waals surface area contributed by atoms with Crippen molar-refractivity contribution in [3.05, 3.63) is 0 Å². The molecule has 4 atom stereocenters. The van der Waals surface area contributed by atoms with E-state index in [2.05, 4.69) is 13.8 Å². The summed E-state index contributed by atoms with van der Waals surface area (Å²) in [5.74, 6) is 0. The maximum absolute atomic E-state index is 5.67. The molecule has 0 aromatic rings. The summed E-state index contributed by atoms with van der Waals surface area (Å²) in [4.78, 5) is 0. The van der Waals surface area contributed by atoms with Crippen LogP contribution in [0.1, 0.15) is 26.7 Å². The third kappa shape index (κ3) is 0.453. The van der Waals surface area contributed by atoms with Gasteiger partial charge in [-0.2, -0.15) is 0 Å². The topological polar surface area (TPSA) is 25.1 Å². The van der Waals surface area contributed by atoms with Gasteiger partial charge in [-0.25, -0.2) is 0 Å². The molecule has 0 aromatic carbocycles. The molecule has 2 nitrogen and oxygen atoms in total. The molecule has 0 bridgehead atoms. The first-order valence-electron chi connectivity index (χ1n) is 3.99. The Morgan fingerprint density at radius 2 is 1.60 bits per heavy atom. The smallest absolute Gasteiger partial charge is 0.0976 e. The van der Waals surface area contributed by atoms with E-state index in [1.807, 2.05) is 0 Å². The van der Waals surface area contributed by atoms with Crippen LogP contribution in [0, 0.1) is 0 Å². The minimum absolute atomic E-state index is 0.171. The SMILES string of the molecule is C[C@]12C[C@@H]3O[C@H]3C[C@]1(C)O2. The van der Waals surface area contributed by atoms with Crippen molar-refractivity contribution < 1.29 is 9.47 Å². The molecule has 0 radical (unpaired) electrons. The number of fused-ring (bicyclic) bond motifs is 2. The minimum atomic E-state index is 0.171. The molecule has 3 aliphatic rings. The maximum atomic E-state index is 5.67. The number of epoxide rings is 2. The Balaban J connectivity index is 1.92. The van der Waals surface area contributed by atoms with E-state index in [4.69, 9.17) is 9.47 Å². The number of rotatable bonds is 0. The Hall–Kier alpha value is -0.0800. The summed E-state index contributed by atoms with van der Waals surface area (Å²) in [5.41, 5.74) is 0.343. The summed E-state index contributed by atoms with van der Waals surface area (Å²) in [7, 11) is 0. The Kier molecular flexibility index (Phi) is 0.647. The van der Waals surface area contributed by atoms with Crippen molar-refractivity contribution >= 4 is 0 Å². The van der Waals surface area contributed by atoms with Gasteiger partial charge in [-0.05, 0) is 13.8 Å². The predicted octanol–water partition coefficient (Wildman–Crippen LogP) is 1.10. The summed E-state index contributed by atoms with van der Waals surface area (Å²) in [6.07, 6.45) is 3.32. The van der Waals surface area contributed by atoms with Crippen LogP contribution in [0.5, 0.6) is 0 Å². The molecule has 0 N–H and O–H groups in total. The highest BCUT2D eigenvalue weighted by atomic mass is 16.7. The molecule has 3 fully saturated rings. The molecule has 2 aliphatic heterocycles. The Labute approximate surface area is 60.5 Å². The molecule has 1 aliphatic carbocycles. The standard InChI is InChI=1S/C8H12O2/c1-7-3-5-6(9-5)4-8(7,2)10-7/h5-6H,3-4H2,1-2H3/t5-,6-,7-,8-/m0/s1. The van der Waals surface area contributed by atoms with Crippen LogP contribution in [-0.4, -0.2) is 23.4 Å². The van der Waals surface area contributed by atoms with E-state index in [0.29, 0.717) is 12.2 Å². The zero-order valence-corrected chi connectivity index (χ0v) is 6.39.